The highest BCUT2D eigenvalue weighted by molar-refractivity contribution is 5.88. The number of hydrogen-bond acceptors (Lipinski definition) is 3. The molecule has 0 aliphatic rings. The predicted octanol–water partition coefficient (Wildman–Crippen LogP) is 2.64. The molecule has 0 aliphatic carbocycles. The van der Waals surface area contributed by atoms with E-state index in [4.69, 9.17) is 0 Å². The number of benzene rings is 1. The Morgan fingerprint density at radius 1 is 1.00 bits per heavy atom. The summed E-state index contributed by atoms with van der Waals surface area (Å²) < 4.78 is 0. The SMILES string of the molecule is CC(NC(=O)C(NC(=O)Cc1ccccc1)C(C)C)c1cccnc1. The number of hydrogen-bond donors (Lipinski definition) is 2. The maximum absolute atomic E-state index is 12.6. The van der Waals surface area contributed by atoms with E-state index in [1.54, 1.807) is 12.4 Å². The van der Waals surface area contributed by atoms with Crippen LogP contribution in [0.25, 0.3) is 0 Å². The zero-order valence-corrected chi connectivity index (χ0v) is 14.9. The molecule has 2 atom stereocenters. The first-order valence-electron chi connectivity index (χ1n) is 8.51. The lowest BCUT2D eigenvalue weighted by Gasteiger charge is -2.24. The molecular formula is C20H25N3O2. The van der Waals surface area contributed by atoms with Crippen molar-refractivity contribution in [2.75, 3.05) is 0 Å². The molecule has 1 aromatic carbocycles. The minimum absolute atomic E-state index is 0.0131. The van der Waals surface area contributed by atoms with Crippen LogP contribution in [0.4, 0.5) is 0 Å². The summed E-state index contributed by atoms with van der Waals surface area (Å²) in [5.41, 5.74) is 1.85. The van der Waals surface area contributed by atoms with Gasteiger partial charge in [0.1, 0.15) is 6.04 Å². The predicted molar refractivity (Wildman–Crippen MR) is 97.7 cm³/mol. The summed E-state index contributed by atoms with van der Waals surface area (Å²) in [6.45, 7) is 5.74. The maximum atomic E-state index is 12.6. The quantitative estimate of drug-likeness (QED) is 0.815. The number of nitrogens with one attached hydrogen (secondary N) is 2. The topological polar surface area (TPSA) is 71.1 Å². The Morgan fingerprint density at radius 2 is 1.72 bits per heavy atom. The van der Waals surface area contributed by atoms with Gasteiger partial charge in [-0.1, -0.05) is 50.2 Å². The van der Waals surface area contributed by atoms with Crippen LogP contribution in [0.3, 0.4) is 0 Å². The lowest BCUT2D eigenvalue weighted by Crippen LogP contribution is -2.50. The first kappa shape index (κ1) is 18.6. The molecule has 2 amide bonds. The number of carbonyl (C=O) groups excluding carboxylic acids is 2. The van der Waals surface area contributed by atoms with Gasteiger partial charge >= 0.3 is 0 Å². The van der Waals surface area contributed by atoms with E-state index in [1.165, 1.54) is 0 Å². The summed E-state index contributed by atoms with van der Waals surface area (Å²) in [6.07, 6.45) is 3.68. The van der Waals surface area contributed by atoms with Crippen molar-refractivity contribution in [3.05, 3.63) is 66.0 Å². The highest BCUT2D eigenvalue weighted by atomic mass is 16.2. The van der Waals surface area contributed by atoms with Crippen LogP contribution in [0, 0.1) is 5.92 Å². The Labute approximate surface area is 148 Å². The number of carbonyl (C=O) groups is 2. The van der Waals surface area contributed by atoms with Crippen molar-refractivity contribution in [1.29, 1.82) is 0 Å². The van der Waals surface area contributed by atoms with Gasteiger partial charge in [-0.15, -0.1) is 0 Å². The van der Waals surface area contributed by atoms with Crippen LogP contribution in [-0.2, 0) is 16.0 Å². The van der Waals surface area contributed by atoms with Crippen molar-refractivity contribution in [1.82, 2.24) is 15.6 Å². The molecule has 0 fully saturated rings. The van der Waals surface area contributed by atoms with E-state index in [9.17, 15) is 9.59 Å². The molecular weight excluding hydrogens is 314 g/mol. The normalized spacial score (nSPS) is 13.1. The van der Waals surface area contributed by atoms with Gasteiger partial charge < -0.3 is 10.6 Å². The number of aromatic nitrogens is 1. The van der Waals surface area contributed by atoms with Gasteiger partial charge in [-0.25, -0.2) is 0 Å². The standard InChI is InChI=1S/C20H25N3O2/c1-14(2)19(23-18(24)12-16-8-5-4-6-9-16)20(25)22-15(3)17-10-7-11-21-13-17/h4-11,13-15,19H,12H2,1-3H3,(H,22,25)(H,23,24). The third-order valence-corrected chi connectivity index (χ3v) is 4.02. The van der Waals surface area contributed by atoms with Crippen molar-refractivity contribution in [2.45, 2.75) is 39.3 Å². The molecule has 5 nitrogen and oxygen atoms in total. The zero-order chi connectivity index (χ0) is 18.2. The van der Waals surface area contributed by atoms with Crippen molar-refractivity contribution < 1.29 is 9.59 Å². The fourth-order valence-electron chi connectivity index (χ4n) is 2.56. The molecule has 1 heterocycles. The van der Waals surface area contributed by atoms with Crippen LogP contribution in [0.15, 0.2) is 54.9 Å². The van der Waals surface area contributed by atoms with Gasteiger partial charge in [-0.3, -0.25) is 14.6 Å². The lowest BCUT2D eigenvalue weighted by atomic mass is 10.0. The Hall–Kier alpha value is -2.69. The van der Waals surface area contributed by atoms with E-state index in [0.717, 1.165) is 11.1 Å². The minimum atomic E-state index is -0.574. The maximum Gasteiger partial charge on any atom is 0.243 e. The largest absolute Gasteiger partial charge is 0.348 e. The zero-order valence-electron chi connectivity index (χ0n) is 14.9. The van der Waals surface area contributed by atoms with Crippen molar-refractivity contribution in [3.8, 4) is 0 Å². The molecule has 0 spiro atoms. The van der Waals surface area contributed by atoms with Gasteiger partial charge in [0, 0.05) is 12.4 Å². The van der Waals surface area contributed by atoms with Gasteiger partial charge in [0.2, 0.25) is 11.8 Å². The second kappa shape index (κ2) is 8.97. The van der Waals surface area contributed by atoms with Crippen LogP contribution in [0.5, 0.6) is 0 Å². The molecule has 0 saturated heterocycles. The molecule has 2 aromatic rings. The second-order valence-electron chi connectivity index (χ2n) is 6.47. The van der Waals surface area contributed by atoms with E-state index in [1.807, 2.05) is 63.2 Å². The Kier molecular flexibility index (Phi) is 6.69. The first-order chi connectivity index (χ1) is 12.0. The fraction of sp³-hybridized carbons (Fsp3) is 0.350. The molecule has 5 heteroatoms. The van der Waals surface area contributed by atoms with Gasteiger partial charge in [0.15, 0.2) is 0 Å². The minimum Gasteiger partial charge on any atom is -0.348 e. The van der Waals surface area contributed by atoms with E-state index in [-0.39, 0.29) is 30.2 Å². The molecule has 132 valence electrons. The number of amides is 2. The van der Waals surface area contributed by atoms with Crippen molar-refractivity contribution in [2.24, 2.45) is 5.92 Å². The molecule has 2 rings (SSSR count). The smallest absolute Gasteiger partial charge is 0.243 e. The van der Waals surface area contributed by atoms with Crippen LogP contribution in [0.1, 0.15) is 37.9 Å². The lowest BCUT2D eigenvalue weighted by molar-refractivity contribution is -0.130. The molecule has 2 unspecified atom stereocenters. The Bertz CT molecular complexity index is 687. The summed E-state index contributed by atoms with van der Waals surface area (Å²) in [6, 6.07) is 12.5. The average molecular weight is 339 g/mol. The van der Waals surface area contributed by atoms with Gasteiger partial charge in [0.05, 0.1) is 12.5 Å². The summed E-state index contributed by atoms with van der Waals surface area (Å²) in [5, 5.41) is 5.81. The molecule has 0 radical (unpaired) electrons. The highest BCUT2D eigenvalue weighted by Gasteiger charge is 2.25. The molecule has 0 saturated carbocycles. The van der Waals surface area contributed by atoms with Crippen LogP contribution in [-0.4, -0.2) is 22.8 Å². The first-order valence-corrected chi connectivity index (χ1v) is 8.51. The molecule has 2 N–H and O–H groups in total. The Balaban J connectivity index is 1.97. The Morgan fingerprint density at radius 3 is 2.32 bits per heavy atom. The molecule has 25 heavy (non-hydrogen) atoms. The van der Waals surface area contributed by atoms with Crippen LogP contribution in [0.2, 0.25) is 0 Å². The van der Waals surface area contributed by atoms with Gasteiger partial charge in [-0.2, -0.15) is 0 Å². The molecule has 0 aliphatic heterocycles. The number of rotatable bonds is 7. The highest BCUT2D eigenvalue weighted by Crippen LogP contribution is 2.12. The van der Waals surface area contributed by atoms with Crippen LogP contribution >= 0.6 is 0 Å². The third-order valence-electron chi connectivity index (χ3n) is 4.02. The van der Waals surface area contributed by atoms with Crippen LogP contribution < -0.4 is 10.6 Å². The molecule has 0 bridgehead atoms. The fourth-order valence-corrected chi connectivity index (χ4v) is 2.56. The van der Waals surface area contributed by atoms with Crippen molar-refractivity contribution >= 4 is 11.8 Å². The van der Waals surface area contributed by atoms with Gasteiger partial charge in [0.25, 0.3) is 0 Å². The summed E-state index contributed by atoms with van der Waals surface area (Å²) >= 11 is 0. The number of nitrogens with zero attached hydrogens (tertiary/aromatic N) is 1. The van der Waals surface area contributed by atoms with Crippen molar-refractivity contribution in [3.63, 3.8) is 0 Å². The summed E-state index contributed by atoms with van der Waals surface area (Å²) in [5.74, 6) is -0.359. The van der Waals surface area contributed by atoms with E-state index < -0.39 is 6.04 Å². The van der Waals surface area contributed by atoms with E-state index in [0.29, 0.717) is 0 Å². The molecule has 1 aromatic heterocycles. The monoisotopic (exact) mass is 339 g/mol. The second-order valence-corrected chi connectivity index (χ2v) is 6.47. The average Bonchev–Trinajstić information content (AvgIpc) is 2.61. The number of pyridine rings is 1. The summed E-state index contributed by atoms with van der Waals surface area (Å²) in [7, 11) is 0. The third kappa shape index (κ3) is 5.71. The summed E-state index contributed by atoms with van der Waals surface area (Å²) in [4.78, 5) is 29.0. The van der Waals surface area contributed by atoms with E-state index in [2.05, 4.69) is 15.6 Å². The van der Waals surface area contributed by atoms with Gasteiger partial charge in [-0.05, 0) is 30.0 Å². The van der Waals surface area contributed by atoms with E-state index >= 15 is 0 Å².